The smallest absolute Gasteiger partial charge is 0.341 e. The first kappa shape index (κ1) is 20.1. The van der Waals surface area contributed by atoms with Crippen molar-refractivity contribution >= 4 is 11.9 Å². The fraction of sp³-hybridized carbons (Fsp3) is 0.600. The summed E-state index contributed by atoms with van der Waals surface area (Å²) in [4.78, 5) is 25.6. The van der Waals surface area contributed by atoms with Crippen molar-refractivity contribution in [3.63, 3.8) is 0 Å². The Morgan fingerprint density at radius 2 is 2.00 bits per heavy atom. The standard InChI is InChI=1S/C20H29NO5/c1-4-9-20(3)10-6-11-21(14-20)19(24)15-7-8-16(26-13-18(22)23)17(12-15)25-5-2/h7-8,12H,4-6,9-11,13-14H2,1-3H3,(H,22,23). The van der Waals surface area contributed by atoms with Crippen LogP contribution in [0.5, 0.6) is 11.5 Å². The van der Waals surface area contributed by atoms with Crippen molar-refractivity contribution in [2.75, 3.05) is 26.3 Å². The van der Waals surface area contributed by atoms with Gasteiger partial charge in [0.25, 0.3) is 5.91 Å². The van der Waals surface area contributed by atoms with Crippen molar-refractivity contribution in [1.29, 1.82) is 0 Å². The van der Waals surface area contributed by atoms with Crippen molar-refractivity contribution in [3.8, 4) is 11.5 Å². The van der Waals surface area contributed by atoms with Crippen LogP contribution in [0.3, 0.4) is 0 Å². The second kappa shape index (κ2) is 8.92. The summed E-state index contributed by atoms with van der Waals surface area (Å²) in [5.41, 5.74) is 0.715. The monoisotopic (exact) mass is 363 g/mol. The Kier molecular flexibility index (Phi) is 6.89. The number of carbonyl (C=O) groups is 2. The SMILES string of the molecule is CCCC1(C)CCCN(C(=O)c2ccc(OCC(=O)O)c(OCC)c2)C1. The molecule has 2 rings (SSSR count). The van der Waals surface area contributed by atoms with E-state index in [9.17, 15) is 9.59 Å². The van der Waals surface area contributed by atoms with Crippen molar-refractivity contribution in [1.82, 2.24) is 4.90 Å². The maximum absolute atomic E-state index is 13.0. The first-order valence-electron chi connectivity index (χ1n) is 9.29. The van der Waals surface area contributed by atoms with Crippen molar-refractivity contribution in [2.24, 2.45) is 5.41 Å². The van der Waals surface area contributed by atoms with Gasteiger partial charge < -0.3 is 19.5 Å². The summed E-state index contributed by atoms with van der Waals surface area (Å²) in [6, 6.07) is 4.93. The molecule has 1 amide bonds. The van der Waals surface area contributed by atoms with Crippen LogP contribution < -0.4 is 9.47 Å². The summed E-state index contributed by atoms with van der Waals surface area (Å²) in [5.74, 6) is -0.345. The van der Waals surface area contributed by atoms with E-state index in [1.807, 2.05) is 11.8 Å². The highest BCUT2D eigenvalue weighted by molar-refractivity contribution is 5.95. The zero-order valence-electron chi connectivity index (χ0n) is 15.9. The number of benzene rings is 1. The van der Waals surface area contributed by atoms with Crippen LogP contribution in [-0.2, 0) is 4.79 Å². The maximum atomic E-state index is 13.0. The fourth-order valence-corrected chi connectivity index (χ4v) is 3.65. The second-order valence-corrected chi connectivity index (χ2v) is 7.17. The zero-order valence-corrected chi connectivity index (χ0v) is 15.9. The topological polar surface area (TPSA) is 76.1 Å². The number of likely N-dealkylation sites (tertiary alicyclic amines) is 1. The van der Waals surface area contributed by atoms with Crippen LogP contribution in [0.4, 0.5) is 0 Å². The Morgan fingerprint density at radius 1 is 1.23 bits per heavy atom. The Morgan fingerprint density at radius 3 is 2.65 bits per heavy atom. The van der Waals surface area contributed by atoms with Crippen LogP contribution in [0.2, 0.25) is 0 Å². The summed E-state index contributed by atoms with van der Waals surface area (Å²) < 4.78 is 10.8. The molecule has 0 aliphatic carbocycles. The number of hydrogen-bond donors (Lipinski definition) is 1. The fourth-order valence-electron chi connectivity index (χ4n) is 3.65. The molecule has 0 radical (unpaired) electrons. The van der Waals surface area contributed by atoms with Gasteiger partial charge in [0.15, 0.2) is 18.1 Å². The zero-order chi connectivity index (χ0) is 19.2. The minimum absolute atomic E-state index is 0.0160. The minimum Gasteiger partial charge on any atom is -0.490 e. The van der Waals surface area contributed by atoms with Gasteiger partial charge in [-0.1, -0.05) is 20.3 Å². The summed E-state index contributed by atoms with van der Waals surface area (Å²) >= 11 is 0. The lowest BCUT2D eigenvalue weighted by atomic mass is 9.78. The molecule has 0 saturated carbocycles. The molecule has 1 N–H and O–H groups in total. The molecule has 1 saturated heterocycles. The third kappa shape index (κ3) is 5.13. The second-order valence-electron chi connectivity index (χ2n) is 7.17. The van der Waals surface area contributed by atoms with E-state index in [4.69, 9.17) is 14.6 Å². The lowest BCUT2D eigenvalue weighted by molar-refractivity contribution is -0.139. The lowest BCUT2D eigenvalue weighted by Crippen LogP contribution is -2.44. The molecule has 1 atom stereocenters. The van der Waals surface area contributed by atoms with E-state index < -0.39 is 12.6 Å². The number of hydrogen-bond acceptors (Lipinski definition) is 4. The van der Waals surface area contributed by atoms with Gasteiger partial charge in [-0.15, -0.1) is 0 Å². The minimum atomic E-state index is -1.06. The normalized spacial score (nSPS) is 19.9. The summed E-state index contributed by atoms with van der Waals surface area (Å²) in [6.45, 7) is 7.74. The molecule has 6 heteroatoms. The van der Waals surface area contributed by atoms with Crippen LogP contribution in [0.1, 0.15) is 56.8 Å². The predicted octanol–water partition coefficient (Wildman–Crippen LogP) is 3.59. The molecule has 1 heterocycles. The van der Waals surface area contributed by atoms with Crippen molar-refractivity contribution < 1.29 is 24.2 Å². The largest absolute Gasteiger partial charge is 0.490 e. The molecule has 6 nitrogen and oxygen atoms in total. The van der Waals surface area contributed by atoms with Crippen molar-refractivity contribution in [2.45, 2.75) is 46.5 Å². The van der Waals surface area contributed by atoms with Crippen LogP contribution in [0.15, 0.2) is 18.2 Å². The summed E-state index contributed by atoms with van der Waals surface area (Å²) in [6.07, 6.45) is 4.39. The Balaban J connectivity index is 2.17. The highest BCUT2D eigenvalue weighted by Gasteiger charge is 2.32. The lowest BCUT2D eigenvalue weighted by Gasteiger charge is -2.40. The Labute approximate surface area is 155 Å². The van der Waals surface area contributed by atoms with Gasteiger partial charge in [-0.25, -0.2) is 4.79 Å². The van der Waals surface area contributed by atoms with Gasteiger partial charge in [-0.2, -0.15) is 0 Å². The number of piperidine rings is 1. The first-order chi connectivity index (χ1) is 12.4. The van der Waals surface area contributed by atoms with E-state index in [0.29, 0.717) is 23.7 Å². The third-order valence-corrected chi connectivity index (χ3v) is 4.76. The summed E-state index contributed by atoms with van der Waals surface area (Å²) in [7, 11) is 0. The average Bonchev–Trinajstić information content (AvgIpc) is 2.60. The number of aliphatic carboxylic acids is 1. The third-order valence-electron chi connectivity index (χ3n) is 4.76. The number of rotatable bonds is 8. The van der Waals surface area contributed by atoms with Gasteiger partial charge in [0.2, 0.25) is 0 Å². The van der Waals surface area contributed by atoms with Gasteiger partial charge in [-0.3, -0.25) is 4.79 Å². The number of carbonyl (C=O) groups excluding carboxylic acids is 1. The van der Waals surface area contributed by atoms with E-state index in [-0.39, 0.29) is 11.3 Å². The molecule has 1 fully saturated rings. The van der Waals surface area contributed by atoms with Gasteiger partial charge in [-0.05, 0) is 49.8 Å². The van der Waals surface area contributed by atoms with E-state index in [2.05, 4.69) is 13.8 Å². The molecule has 1 unspecified atom stereocenters. The van der Waals surface area contributed by atoms with E-state index in [0.717, 1.165) is 38.8 Å². The molecule has 1 aliphatic heterocycles. The van der Waals surface area contributed by atoms with E-state index in [1.165, 1.54) is 0 Å². The first-order valence-corrected chi connectivity index (χ1v) is 9.29. The van der Waals surface area contributed by atoms with Gasteiger partial charge in [0.05, 0.1) is 6.61 Å². The average molecular weight is 363 g/mol. The number of ether oxygens (including phenoxy) is 2. The quantitative estimate of drug-likeness (QED) is 0.764. The molecule has 26 heavy (non-hydrogen) atoms. The predicted molar refractivity (Wildman–Crippen MR) is 98.9 cm³/mol. The molecule has 1 aliphatic rings. The van der Waals surface area contributed by atoms with Gasteiger partial charge in [0, 0.05) is 18.7 Å². The van der Waals surface area contributed by atoms with Crippen LogP contribution in [-0.4, -0.2) is 48.2 Å². The van der Waals surface area contributed by atoms with Crippen LogP contribution in [0.25, 0.3) is 0 Å². The molecular formula is C20H29NO5. The maximum Gasteiger partial charge on any atom is 0.341 e. The van der Waals surface area contributed by atoms with E-state index >= 15 is 0 Å². The molecule has 0 aromatic heterocycles. The molecule has 1 aromatic carbocycles. The number of carboxylic acids is 1. The summed E-state index contributed by atoms with van der Waals surface area (Å²) in [5, 5.41) is 8.77. The molecule has 1 aromatic rings. The molecule has 0 bridgehead atoms. The van der Waals surface area contributed by atoms with Gasteiger partial charge >= 0.3 is 5.97 Å². The number of nitrogens with zero attached hydrogens (tertiary/aromatic N) is 1. The molecular weight excluding hydrogens is 334 g/mol. The van der Waals surface area contributed by atoms with Crippen molar-refractivity contribution in [3.05, 3.63) is 23.8 Å². The van der Waals surface area contributed by atoms with E-state index in [1.54, 1.807) is 18.2 Å². The van der Waals surface area contributed by atoms with Crippen LogP contribution >= 0.6 is 0 Å². The van der Waals surface area contributed by atoms with Gasteiger partial charge in [0.1, 0.15) is 0 Å². The van der Waals surface area contributed by atoms with Crippen LogP contribution in [0, 0.1) is 5.41 Å². The highest BCUT2D eigenvalue weighted by atomic mass is 16.5. The molecule has 0 spiro atoms. The number of carboxylic acid groups (broad SMARTS) is 1. The Bertz CT molecular complexity index is 641. The number of amides is 1. The Hall–Kier alpha value is -2.24. The highest BCUT2D eigenvalue weighted by Crippen LogP contribution is 2.35. The molecule has 144 valence electrons.